The number of nitrogens with zero attached hydrogens (tertiary/aromatic N) is 1. The Kier molecular flexibility index (Phi) is 5.14. The van der Waals surface area contributed by atoms with Crippen molar-refractivity contribution >= 4 is 10.0 Å². The molecule has 4 nitrogen and oxygen atoms in total. The first kappa shape index (κ1) is 16.2. The Balaban J connectivity index is 1.88. The molecule has 0 heterocycles. The number of fused-ring (bicyclic) bond motifs is 2. The van der Waals surface area contributed by atoms with Gasteiger partial charge in [0.25, 0.3) is 0 Å². The van der Waals surface area contributed by atoms with Crippen molar-refractivity contribution in [3.05, 3.63) is 0 Å². The van der Waals surface area contributed by atoms with E-state index in [0.29, 0.717) is 18.5 Å². The van der Waals surface area contributed by atoms with Crippen molar-refractivity contribution in [1.82, 2.24) is 9.62 Å². The predicted octanol–water partition coefficient (Wildman–Crippen LogP) is 2.07. The molecule has 2 aliphatic rings. The molecular weight excluding hydrogens is 272 g/mol. The van der Waals surface area contributed by atoms with Gasteiger partial charge in [-0.2, -0.15) is 0 Å². The standard InChI is InChI=1S/C15H30N2O2S/c1-11(2)16-9-12(3)20(18,19)17(4)10-15-8-13-5-6-14(15)7-13/h11-16H,5-10H2,1-4H3. The van der Waals surface area contributed by atoms with Crippen LogP contribution >= 0.6 is 0 Å². The molecule has 2 rings (SSSR count). The topological polar surface area (TPSA) is 49.4 Å². The second-order valence-electron chi connectivity index (χ2n) is 7.13. The van der Waals surface area contributed by atoms with Crippen molar-refractivity contribution in [2.45, 2.75) is 57.7 Å². The minimum Gasteiger partial charge on any atom is -0.313 e. The van der Waals surface area contributed by atoms with E-state index in [1.165, 1.54) is 25.7 Å². The lowest BCUT2D eigenvalue weighted by Crippen LogP contribution is -2.43. The van der Waals surface area contributed by atoms with Crippen molar-refractivity contribution in [2.75, 3.05) is 20.1 Å². The van der Waals surface area contributed by atoms with Gasteiger partial charge in [-0.3, -0.25) is 0 Å². The van der Waals surface area contributed by atoms with Gasteiger partial charge in [0, 0.05) is 26.2 Å². The zero-order chi connectivity index (χ0) is 14.9. The number of hydrogen-bond acceptors (Lipinski definition) is 3. The van der Waals surface area contributed by atoms with Crippen LogP contribution in [0.5, 0.6) is 0 Å². The summed E-state index contributed by atoms with van der Waals surface area (Å²) in [6.07, 6.45) is 5.26. The van der Waals surface area contributed by atoms with E-state index in [9.17, 15) is 8.42 Å². The Morgan fingerprint density at radius 2 is 1.90 bits per heavy atom. The predicted molar refractivity (Wildman–Crippen MR) is 83.1 cm³/mol. The van der Waals surface area contributed by atoms with Crippen molar-refractivity contribution in [3.8, 4) is 0 Å². The maximum atomic E-state index is 12.5. The van der Waals surface area contributed by atoms with Gasteiger partial charge in [0.15, 0.2) is 0 Å². The fourth-order valence-corrected chi connectivity index (χ4v) is 5.17. The molecule has 4 unspecified atom stereocenters. The molecule has 5 heteroatoms. The number of hydrogen-bond donors (Lipinski definition) is 1. The SMILES string of the molecule is CC(C)NCC(C)S(=O)(=O)N(C)CC1CC2CCC1C2. The highest BCUT2D eigenvalue weighted by Crippen LogP contribution is 2.48. The lowest BCUT2D eigenvalue weighted by molar-refractivity contribution is 0.279. The smallest absolute Gasteiger partial charge is 0.217 e. The summed E-state index contributed by atoms with van der Waals surface area (Å²) in [5, 5.41) is 2.87. The molecule has 0 aromatic rings. The van der Waals surface area contributed by atoms with Gasteiger partial charge in [-0.15, -0.1) is 0 Å². The van der Waals surface area contributed by atoms with E-state index in [4.69, 9.17) is 0 Å². The van der Waals surface area contributed by atoms with E-state index in [-0.39, 0.29) is 5.25 Å². The quantitative estimate of drug-likeness (QED) is 0.783. The Bertz CT molecular complexity index is 422. The molecule has 2 fully saturated rings. The molecule has 4 atom stereocenters. The van der Waals surface area contributed by atoms with Crippen molar-refractivity contribution in [2.24, 2.45) is 17.8 Å². The van der Waals surface area contributed by atoms with E-state index in [1.54, 1.807) is 11.4 Å². The highest BCUT2D eigenvalue weighted by molar-refractivity contribution is 7.89. The number of sulfonamides is 1. The summed E-state index contributed by atoms with van der Waals surface area (Å²) in [5.41, 5.74) is 0. The normalized spacial score (nSPS) is 31.4. The Labute approximate surface area is 124 Å². The second kappa shape index (κ2) is 6.32. The highest BCUT2D eigenvalue weighted by Gasteiger charge is 2.41. The third-order valence-corrected chi connectivity index (χ3v) is 7.33. The molecule has 2 saturated carbocycles. The second-order valence-corrected chi connectivity index (χ2v) is 9.59. The van der Waals surface area contributed by atoms with Gasteiger partial charge >= 0.3 is 0 Å². The van der Waals surface area contributed by atoms with Crippen LogP contribution in [-0.4, -0.2) is 44.2 Å². The molecular formula is C15H30N2O2S. The van der Waals surface area contributed by atoms with Gasteiger partial charge in [0.2, 0.25) is 10.0 Å². The molecule has 118 valence electrons. The number of nitrogens with one attached hydrogen (secondary N) is 1. The van der Waals surface area contributed by atoms with Gasteiger partial charge < -0.3 is 5.32 Å². The van der Waals surface area contributed by atoms with Gasteiger partial charge in [-0.1, -0.05) is 20.3 Å². The summed E-state index contributed by atoms with van der Waals surface area (Å²) in [7, 11) is -1.41. The molecule has 2 bridgehead atoms. The van der Waals surface area contributed by atoms with Gasteiger partial charge in [0.1, 0.15) is 0 Å². The lowest BCUT2D eigenvalue weighted by Gasteiger charge is -2.29. The van der Waals surface area contributed by atoms with Crippen LogP contribution in [0, 0.1) is 17.8 Å². The molecule has 0 saturated heterocycles. The molecule has 2 aliphatic carbocycles. The van der Waals surface area contributed by atoms with E-state index in [0.717, 1.165) is 18.4 Å². The van der Waals surface area contributed by atoms with Gasteiger partial charge in [-0.05, 0) is 43.9 Å². The Morgan fingerprint density at radius 3 is 2.40 bits per heavy atom. The van der Waals surface area contributed by atoms with Crippen LogP contribution in [-0.2, 0) is 10.0 Å². The first-order valence-electron chi connectivity index (χ1n) is 7.99. The van der Waals surface area contributed by atoms with Crippen LogP contribution in [0.25, 0.3) is 0 Å². The van der Waals surface area contributed by atoms with Gasteiger partial charge in [0.05, 0.1) is 5.25 Å². The Morgan fingerprint density at radius 1 is 1.20 bits per heavy atom. The van der Waals surface area contributed by atoms with Crippen molar-refractivity contribution < 1.29 is 8.42 Å². The van der Waals surface area contributed by atoms with Crippen LogP contribution in [0.3, 0.4) is 0 Å². The van der Waals surface area contributed by atoms with Crippen LogP contribution in [0.4, 0.5) is 0 Å². The molecule has 0 aromatic carbocycles. The maximum absolute atomic E-state index is 12.5. The van der Waals surface area contributed by atoms with E-state index in [2.05, 4.69) is 5.32 Å². The Hall–Kier alpha value is -0.130. The minimum atomic E-state index is -3.17. The van der Waals surface area contributed by atoms with E-state index >= 15 is 0 Å². The lowest BCUT2D eigenvalue weighted by atomic mass is 9.89. The minimum absolute atomic E-state index is 0.323. The molecule has 0 spiro atoms. The maximum Gasteiger partial charge on any atom is 0.217 e. The summed E-state index contributed by atoms with van der Waals surface area (Å²) in [5.74, 6) is 2.25. The number of rotatable bonds is 7. The summed E-state index contributed by atoms with van der Waals surface area (Å²) in [4.78, 5) is 0. The third-order valence-electron chi connectivity index (χ3n) is 5.13. The average molecular weight is 302 g/mol. The highest BCUT2D eigenvalue weighted by atomic mass is 32.2. The summed E-state index contributed by atoms with van der Waals surface area (Å²) < 4.78 is 26.7. The summed E-state index contributed by atoms with van der Waals surface area (Å²) >= 11 is 0. The van der Waals surface area contributed by atoms with Crippen LogP contribution in [0.15, 0.2) is 0 Å². The van der Waals surface area contributed by atoms with Crippen molar-refractivity contribution in [1.29, 1.82) is 0 Å². The third kappa shape index (κ3) is 3.55. The average Bonchev–Trinajstić information content (AvgIpc) is 2.97. The monoisotopic (exact) mass is 302 g/mol. The fourth-order valence-electron chi connectivity index (χ4n) is 3.85. The summed E-state index contributed by atoms with van der Waals surface area (Å²) in [6, 6.07) is 0.323. The van der Waals surface area contributed by atoms with Gasteiger partial charge in [-0.25, -0.2) is 12.7 Å². The van der Waals surface area contributed by atoms with Crippen LogP contribution < -0.4 is 5.32 Å². The molecule has 0 radical (unpaired) electrons. The van der Waals surface area contributed by atoms with Crippen LogP contribution in [0.2, 0.25) is 0 Å². The van der Waals surface area contributed by atoms with E-state index in [1.807, 2.05) is 20.8 Å². The van der Waals surface area contributed by atoms with Crippen molar-refractivity contribution in [3.63, 3.8) is 0 Å². The molecule has 1 N–H and O–H groups in total. The summed E-state index contributed by atoms with van der Waals surface area (Å²) in [6.45, 7) is 7.13. The molecule has 0 aliphatic heterocycles. The molecule has 0 aromatic heterocycles. The first-order valence-corrected chi connectivity index (χ1v) is 9.49. The molecule has 20 heavy (non-hydrogen) atoms. The fraction of sp³-hybridized carbons (Fsp3) is 1.00. The van der Waals surface area contributed by atoms with Crippen LogP contribution in [0.1, 0.15) is 46.5 Å². The first-order chi connectivity index (χ1) is 9.30. The zero-order valence-electron chi connectivity index (χ0n) is 13.3. The molecule has 0 amide bonds. The largest absolute Gasteiger partial charge is 0.313 e. The van der Waals surface area contributed by atoms with E-state index < -0.39 is 10.0 Å². The zero-order valence-corrected chi connectivity index (χ0v) is 14.1.